The van der Waals surface area contributed by atoms with Crippen molar-refractivity contribution < 1.29 is 4.42 Å². The zero-order valence-electron chi connectivity index (χ0n) is 27.8. The van der Waals surface area contributed by atoms with Gasteiger partial charge < -0.3 is 4.42 Å². The molecule has 8 aromatic rings. The minimum absolute atomic E-state index is 0.0802. The van der Waals surface area contributed by atoms with E-state index in [-0.39, 0.29) is 5.41 Å². The molecule has 2 heterocycles. The minimum atomic E-state index is -0.0802. The fraction of sp³-hybridized carbons (Fsp3) is 0.156. The van der Waals surface area contributed by atoms with Crippen LogP contribution in [0.25, 0.3) is 77.7 Å². The van der Waals surface area contributed by atoms with E-state index in [2.05, 4.69) is 149 Å². The molecule has 0 unspecified atom stereocenters. The lowest BCUT2D eigenvalue weighted by molar-refractivity contribution is 0.658. The molecule has 48 heavy (non-hydrogen) atoms. The summed E-state index contributed by atoms with van der Waals surface area (Å²) in [5, 5.41) is 3.27. The predicted octanol–water partition coefficient (Wildman–Crippen LogP) is 12.0. The first-order valence-electron chi connectivity index (χ1n) is 17.0. The van der Waals surface area contributed by atoms with Gasteiger partial charge in [-0.05, 0) is 99.8 Å². The summed E-state index contributed by atoms with van der Waals surface area (Å²) in [5.74, 6) is 0.715. The van der Waals surface area contributed by atoms with Crippen LogP contribution < -0.4 is 0 Å². The van der Waals surface area contributed by atoms with Gasteiger partial charge in [0, 0.05) is 32.7 Å². The Labute approximate surface area is 280 Å². The summed E-state index contributed by atoms with van der Waals surface area (Å²) in [6.07, 6.45) is 1.94. The zero-order valence-corrected chi connectivity index (χ0v) is 27.8. The summed E-state index contributed by atoms with van der Waals surface area (Å²) >= 11 is 0. The molecule has 0 spiro atoms. The van der Waals surface area contributed by atoms with Crippen LogP contribution in [0.4, 0.5) is 0 Å². The number of hydrogen-bond acceptors (Lipinski definition) is 3. The summed E-state index contributed by atoms with van der Waals surface area (Å²) < 4.78 is 6.46. The predicted molar refractivity (Wildman–Crippen MR) is 199 cm³/mol. The van der Waals surface area contributed by atoms with Crippen LogP contribution in [0.3, 0.4) is 0 Å². The van der Waals surface area contributed by atoms with Gasteiger partial charge in [0.25, 0.3) is 0 Å². The number of fused-ring (bicyclic) bond motifs is 7. The van der Waals surface area contributed by atoms with E-state index in [9.17, 15) is 0 Å². The van der Waals surface area contributed by atoms with Gasteiger partial charge in [-0.3, -0.25) is 0 Å². The quantitative estimate of drug-likeness (QED) is 0.192. The van der Waals surface area contributed by atoms with Crippen molar-refractivity contribution >= 4 is 32.8 Å². The van der Waals surface area contributed by atoms with E-state index in [0.29, 0.717) is 5.82 Å². The highest BCUT2D eigenvalue weighted by molar-refractivity contribution is 6.08. The van der Waals surface area contributed by atoms with Crippen LogP contribution in [0.5, 0.6) is 0 Å². The molecule has 0 fully saturated rings. The second-order valence-electron chi connectivity index (χ2n) is 13.5. The molecule has 0 N–H and O–H groups in total. The molecule has 9 rings (SSSR count). The van der Waals surface area contributed by atoms with Gasteiger partial charge in [-0.1, -0.05) is 107 Å². The van der Waals surface area contributed by atoms with E-state index in [1.54, 1.807) is 0 Å². The van der Waals surface area contributed by atoms with Gasteiger partial charge in [-0.15, -0.1) is 0 Å². The molecule has 2 aromatic heterocycles. The Kier molecular flexibility index (Phi) is 6.42. The van der Waals surface area contributed by atoms with Crippen LogP contribution >= 0.6 is 0 Å². The van der Waals surface area contributed by atoms with Crippen LogP contribution in [0.1, 0.15) is 49.9 Å². The van der Waals surface area contributed by atoms with Crippen molar-refractivity contribution in [1.29, 1.82) is 0 Å². The standard InChI is InChI=1S/C45H36N2O/c1-5-27-13-7-8-14-31(27)32-21-19-29(23-28(32)6-2)43-34-16-10-12-18-40(34)46-44(47-43)30-20-22-41-36(24-30)37-25-39-35(26-42(37)48-41)33-15-9-11-17-38(33)45(39,3)4/h7-26H,5-6H2,1-4H3. The third kappa shape index (κ3) is 4.27. The van der Waals surface area contributed by atoms with Crippen LogP contribution in [0, 0.1) is 0 Å². The number of furan rings is 1. The van der Waals surface area contributed by atoms with Crippen LogP contribution in [0.15, 0.2) is 126 Å². The third-order valence-electron chi connectivity index (χ3n) is 10.5. The lowest BCUT2D eigenvalue weighted by Crippen LogP contribution is -2.14. The molecule has 0 atom stereocenters. The highest BCUT2D eigenvalue weighted by Crippen LogP contribution is 2.50. The van der Waals surface area contributed by atoms with E-state index >= 15 is 0 Å². The third-order valence-corrected chi connectivity index (χ3v) is 10.5. The lowest BCUT2D eigenvalue weighted by atomic mass is 9.82. The molecule has 1 aliphatic rings. The number of hydrogen-bond donors (Lipinski definition) is 0. The Hall–Kier alpha value is -5.54. The van der Waals surface area contributed by atoms with Gasteiger partial charge in [0.15, 0.2) is 5.82 Å². The van der Waals surface area contributed by atoms with Crippen molar-refractivity contribution in [2.45, 2.75) is 46.0 Å². The molecule has 3 nitrogen and oxygen atoms in total. The van der Waals surface area contributed by atoms with Gasteiger partial charge in [0.2, 0.25) is 0 Å². The SMILES string of the molecule is CCc1ccccc1-c1ccc(-c2nc(-c3ccc4oc5cc6c(cc5c4c3)C(C)(C)c3ccccc3-6)nc3ccccc23)cc1CC. The number of aromatic nitrogens is 2. The van der Waals surface area contributed by atoms with Crippen molar-refractivity contribution in [2.75, 3.05) is 0 Å². The summed E-state index contributed by atoms with van der Waals surface area (Å²) in [6.45, 7) is 9.10. The van der Waals surface area contributed by atoms with Crippen LogP contribution in [0.2, 0.25) is 0 Å². The fourth-order valence-electron chi connectivity index (χ4n) is 7.92. The summed E-state index contributed by atoms with van der Waals surface area (Å²) in [5.41, 5.74) is 16.2. The molecular formula is C45H36N2O. The largest absolute Gasteiger partial charge is 0.456 e. The van der Waals surface area contributed by atoms with Crippen molar-refractivity contribution in [3.05, 3.63) is 144 Å². The van der Waals surface area contributed by atoms with E-state index in [1.165, 1.54) is 44.5 Å². The van der Waals surface area contributed by atoms with Gasteiger partial charge in [-0.25, -0.2) is 9.97 Å². The number of nitrogens with zero attached hydrogens (tertiary/aromatic N) is 2. The zero-order chi connectivity index (χ0) is 32.6. The maximum absolute atomic E-state index is 6.46. The highest BCUT2D eigenvalue weighted by Gasteiger charge is 2.36. The second kappa shape index (κ2) is 10.7. The van der Waals surface area contributed by atoms with E-state index in [0.717, 1.165) is 62.5 Å². The maximum atomic E-state index is 6.46. The van der Waals surface area contributed by atoms with Crippen molar-refractivity contribution in [3.63, 3.8) is 0 Å². The smallest absolute Gasteiger partial charge is 0.160 e. The van der Waals surface area contributed by atoms with Gasteiger partial charge in [0.05, 0.1) is 11.2 Å². The number of rotatable bonds is 5. The second-order valence-corrected chi connectivity index (χ2v) is 13.5. The Balaban J connectivity index is 1.20. The number of para-hydroxylation sites is 1. The summed E-state index contributed by atoms with van der Waals surface area (Å²) in [4.78, 5) is 10.4. The molecule has 0 aliphatic heterocycles. The van der Waals surface area contributed by atoms with Crippen LogP contribution in [-0.4, -0.2) is 9.97 Å². The molecule has 0 saturated carbocycles. The molecule has 0 bridgehead atoms. The fourth-order valence-corrected chi connectivity index (χ4v) is 7.92. The molecule has 3 heteroatoms. The Morgan fingerprint density at radius 1 is 0.521 bits per heavy atom. The van der Waals surface area contributed by atoms with Crippen LogP contribution in [-0.2, 0) is 18.3 Å². The summed E-state index contributed by atoms with van der Waals surface area (Å²) in [6, 6.07) is 43.6. The molecule has 0 radical (unpaired) electrons. The van der Waals surface area contributed by atoms with Crippen molar-refractivity contribution in [3.8, 4) is 44.9 Å². The van der Waals surface area contributed by atoms with E-state index < -0.39 is 0 Å². The first-order chi connectivity index (χ1) is 23.4. The monoisotopic (exact) mass is 620 g/mol. The normalized spacial score (nSPS) is 13.3. The average Bonchev–Trinajstić information content (AvgIpc) is 3.60. The molecule has 6 aromatic carbocycles. The first-order valence-corrected chi connectivity index (χ1v) is 17.0. The van der Waals surface area contributed by atoms with Crippen molar-refractivity contribution in [2.24, 2.45) is 0 Å². The van der Waals surface area contributed by atoms with Gasteiger partial charge in [0.1, 0.15) is 11.2 Å². The Bertz CT molecular complexity index is 2570. The van der Waals surface area contributed by atoms with Gasteiger partial charge in [-0.2, -0.15) is 0 Å². The maximum Gasteiger partial charge on any atom is 0.160 e. The molecule has 0 amide bonds. The van der Waals surface area contributed by atoms with E-state index in [4.69, 9.17) is 14.4 Å². The first kappa shape index (κ1) is 28.7. The number of benzene rings is 6. The average molecular weight is 621 g/mol. The van der Waals surface area contributed by atoms with Crippen molar-refractivity contribution in [1.82, 2.24) is 9.97 Å². The summed E-state index contributed by atoms with van der Waals surface area (Å²) in [7, 11) is 0. The molecular weight excluding hydrogens is 585 g/mol. The molecule has 0 saturated heterocycles. The number of aryl methyl sites for hydroxylation is 2. The Morgan fingerprint density at radius 2 is 1.23 bits per heavy atom. The van der Waals surface area contributed by atoms with E-state index in [1.807, 2.05) is 0 Å². The lowest BCUT2D eigenvalue weighted by Gasteiger charge is -2.21. The molecule has 1 aliphatic carbocycles. The topological polar surface area (TPSA) is 38.9 Å². The minimum Gasteiger partial charge on any atom is -0.456 e. The highest BCUT2D eigenvalue weighted by atomic mass is 16.3. The molecule has 232 valence electrons. The van der Waals surface area contributed by atoms with Gasteiger partial charge >= 0.3 is 0 Å². The Morgan fingerprint density at radius 3 is 2.08 bits per heavy atom.